The van der Waals surface area contributed by atoms with Crippen molar-refractivity contribution in [1.82, 2.24) is 9.55 Å². The first-order valence-electron chi connectivity index (χ1n) is 8.07. The van der Waals surface area contributed by atoms with Crippen molar-refractivity contribution < 1.29 is 0 Å². The van der Waals surface area contributed by atoms with E-state index in [4.69, 9.17) is 4.98 Å². The molecule has 0 aliphatic carbocycles. The van der Waals surface area contributed by atoms with Gasteiger partial charge in [-0.05, 0) is 57.0 Å². The molecule has 3 nitrogen and oxygen atoms in total. The van der Waals surface area contributed by atoms with Crippen LogP contribution in [0.3, 0.4) is 0 Å². The second-order valence-electron chi connectivity index (χ2n) is 6.22. The lowest BCUT2D eigenvalue weighted by atomic mass is 10.1. The third kappa shape index (κ3) is 3.29. The number of thiazole rings is 1. The SMILES string of the molecule is C=CCn1c(C)cc(-c2csc(Nc3cc(C)cc(C)c3)n2)c1C. The molecule has 0 aliphatic heterocycles. The molecule has 1 aromatic carbocycles. The van der Waals surface area contributed by atoms with Gasteiger partial charge in [-0.3, -0.25) is 0 Å². The fourth-order valence-corrected chi connectivity index (χ4v) is 3.83. The highest BCUT2D eigenvalue weighted by molar-refractivity contribution is 7.14. The number of nitrogens with zero attached hydrogens (tertiary/aromatic N) is 2. The Labute approximate surface area is 147 Å². The molecule has 2 aromatic heterocycles. The molecule has 3 rings (SSSR count). The van der Waals surface area contributed by atoms with E-state index >= 15 is 0 Å². The molecule has 0 amide bonds. The van der Waals surface area contributed by atoms with E-state index in [0.717, 1.165) is 23.1 Å². The molecule has 2 heterocycles. The molecule has 124 valence electrons. The fraction of sp³-hybridized carbons (Fsp3) is 0.250. The predicted octanol–water partition coefficient (Wildman–Crippen LogP) is 5.77. The summed E-state index contributed by atoms with van der Waals surface area (Å²) in [4.78, 5) is 4.78. The average Bonchev–Trinajstić information content (AvgIpc) is 3.06. The van der Waals surface area contributed by atoms with Crippen molar-refractivity contribution in [3.05, 3.63) is 64.8 Å². The van der Waals surface area contributed by atoms with E-state index in [1.54, 1.807) is 11.3 Å². The Morgan fingerprint density at radius 1 is 1.12 bits per heavy atom. The summed E-state index contributed by atoms with van der Waals surface area (Å²) < 4.78 is 2.26. The van der Waals surface area contributed by atoms with Gasteiger partial charge in [0, 0.05) is 34.6 Å². The van der Waals surface area contributed by atoms with E-state index in [1.807, 2.05) is 6.08 Å². The van der Waals surface area contributed by atoms with Crippen LogP contribution in [0.25, 0.3) is 11.3 Å². The molecule has 0 fully saturated rings. The zero-order chi connectivity index (χ0) is 17.3. The van der Waals surface area contributed by atoms with E-state index in [0.29, 0.717) is 0 Å². The Kier molecular flexibility index (Phi) is 4.58. The van der Waals surface area contributed by atoms with Gasteiger partial charge in [-0.25, -0.2) is 4.98 Å². The van der Waals surface area contributed by atoms with Crippen LogP contribution in [0.15, 0.2) is 42.3 Å². The van der Waals surface area contributed by atoms with Crippen LogP contribution in [0.1, 0.15) is 22.5 Å². The van der Waals surface area contributed by atoms with Gasteiger partial charge in [0.15, 0.2) is 5.13 Å². The minimum Gasteiger partial charge on any atom is -0.345 e. The second-order valence-corrected chi connectivity index (χ2v) is 7.08. The van der Waals surface area contributed by atoms with Crippen LogP contribution in [-0.4, -0.2) is 9.55 Å². The van der Waals surface area contributed by atoms with Gasteiger partial charge in [0.25, 0.3) is 0 Å². The summed E-state index contributed by atoms with van der Waals surface area (Å²) in [7, 11) is 0. The molecule has 0 atom stereocenters. The third-order valence-corrected chi connectivity index (χ3v) is 4.90. The molecule has 4 heteroatoms. The standard InChI is InChI=1S/C20H23N3S/c1-6-7-23-15(4)11-18(16(23)5)19-12-24-20(22-19)21-17-9-13(2)8-14(3)10-17/h6,8-12H,1,7H2,2-5H3,(H,21,22). The first-order chi connectivity index (χ1) is 11.5. The highest BCUT2D eigenvalue weighted by Crippen LogP contribution is 2.31. The molecule has 0 aliphatic rings. The lowest BCUT2D eigenvalue weighted by Gasteiger charge is -2.06. The summed E-state index contributed by atoms with van der Waals surface area (Å²) in [5, 5.41) is 6.46. The first kappa shape index (κ1) is 16.5. The molecule has 3 aromatic rings. The van der Waals surface area contributed by atoms with Crippen molar-refractivity contribution in [2.45, 2.75) is 34.2 Å². The Morgan fingerprint density at radius 3 is 2.50 bits per heavy atom. The minimum absolute atomic E-state index is 0.829. The summed E-state index contributed by atoms with van der Waals surface area (Å²) in [5.41, 5.74) is 8.28. The van der Waals surface area contributed by atoms with Crippen LogP contribution in [0, 0.1) is 27.7 Å². The van der Waals surface area contributed by atoms with Crippen LogP contribution >= 0.6 is 11.3 Å². The van der Waals surface area contributed by atoms with Crippen molar-refractivity contribution in [2.24, 2.45) is 0 Å². The third-order valence-electron chi connectivity index (χ3n) is 4.14. The van der Waals surface area contributed by atoms with Crippen LogP contribution < -0.4 is 5.32 Å². The van der Waals surface area contributed by atoms with E-state index in [2.05, 4.69) is 73.8 Å². The quantitative estimate of drug-likeness (QED) is 0.599. The smallest absolute Gasteiger partial charge is 0.187 e. The Balaban J connectivity index is 1.88. The summed E-state index contributed by atoms with van der Waals surface area (Å²) >= 11 is 1.64. The largest absolute Gasteiger partial charge is 0.345 e. The molecule has 0 spiro atoms. The molecule has 0 saturated carbocycles. The molecule has 0 bridgehead atoms. The van der Waals surface area contributed by atoms with Gasteiger partial charge in [-0.2, -0.15) is 0 Å². The molecule has 24 heavy (non-hydrogen) atoms. The Hall–Kier alpha value is -2.33. The van der Waals surface area contributed by atoms with Gasteiger partial charge in [0.1, 0.15) is 0 Å². The topological polar surface area (TPSA) is 29.9 Å². The van der Waals surface area contributed by atoms with Crippen molar-refractivity contribution >= 4 is 22.2 Å². The van der Waals surface area contributed by atoms with Crippen molar-refractivity contribution in [2.75, 3.05) is 5.32 Å². The summed E-state index contributed by atoms with van der Waals surface area (Å²) in [6, 6.07) is 8.66. The van der Waals surface area contributed by atoms with E-state index in [9.17, 15) is 0 Å². The van der Waals surface area contributed by atoms with Gasteiger partial charge in [-0.1, -0.05) is 12.1 Å². The zero-order valence-electron chi connectivity index (χ0n) is 14.7. The Bertz CT molecular complexity index is 866. The normalized spacial score (nSPS) is 10.8. The maximum absolute atomic E-state index is 4.78. The van der Waals surface area contributed by atoms with E-state index < -0.39 is 0 Å². The van der Waals surface area contributed by atoms with Gasteiger partial charge >= 0.3 is 0 Å². The lowest BCUT2D eigenvalue weighted by molar-refractivity contribution is 0.770. The number of aromatic nitrogens is 2. The molecule has 0 unspecified atom stereocenters. The van der Waals surface area contributed by atoms with Crippen LogP contribution in [0.5, 0.6) is 0 Å². The highest BCUT2D eigenvalue weighted by Gasteiger charge is 2.13. The second kappa shape index (κ2) is 6.65. The molecular formula is C20H23N3S. The number of nitrogens with one attached hydrogen (secondary N) is 1. The number of anilines is 2. The molecular weight excluding hydrogens is 314 g/mol. The fourth-order valence-electron chi connectivity index (χ4n) is 3.10. The number of hydrogen-bond acceptors (Lipinski definition) is 3. The van der Waals surface area contributed by atoms with Gasteiger partial charge < -0.3 is 9.88 Å². The van der Waals surface area contributed by atoms with Crippen LogP contribution in [0.4, 0.5) is 10.8 Å². The van der Waals surface area contributed by atoms with Gasteiger partial charge in [-0.15, -0.1) is 17.9 Å². The zero-order valence-corrected chi connectivity index (χ0v) is 15.5. The monoisotopic (exact) mass is 337 g/mol. The predicted molar refractivity (Wildman–Crippen MR) is 104 cm³/mol. The van der Waals surface area contributed by atoms with Crippen LogP contribution in [-0.2, 0) is 6.54 Å². The molecule has 0 saturated heterocycles. The first-order valence-corrected chi connectivity index (χ1v) is 8.94. The highest BCUT2D eigenvalue weighted by atomic mass is 32.1. The molecule has 0 radical (unpaired) electrons. The van der Waals surface area contributed by atoms with Crippen molar-refractivity contribution in [3.63, 3.8) is 0 Å². The van der Waals surface area contributed by atoms with Gasteiger partial charge in [0.2, 0.25) is 0 Å². The Morgan fingerprint density at radius 2 is 1.83 bits per heavy atom. The lowest BCUT2D eigenvalue weighted by Crippen LogP contribution is -1.99. The van der Waals surface area contributed by atoms with Gasteiger partial charge in [0.05, 0.1) is 5.69 Å². The summed E-state index contributed by atoms with van der Waals surface area (Å²) in [5.74, 6) is 0. The van der Waals surface area contributed by atoms with Crippen LogP contribution in [0.2, 0.25) is 0 Å². The minimum atomic E-state index is 0.829. The maximum Gasteiger partial charge on any atom is 0.187 e. The number of rotatable bonds is 5. The summed E-state index contributed by atoms with van der Waals surface area (Å²) in [6.07, 6.45) is 1.93. The number of aryl methyl sites for hydroxylation is 3. The van der Waals surface area contributed by atoms with E-state index in [1.165, 1.54) is 28.1 Å². The number of allylic oxidation sites excluding steroid dienone is 1. The van der Waals surface area contributed by atoms with E-state index in [-0.39, 0.29) is 0 Å². The number of hydrogen-bond donors (Lipinski definition) is 1. The van der Waals surface area contributed by atoms with Crippen molar-refractivity contribution in [1.29, 1.82) is 0 Å². The van der Waals surface area contributed by atoms with Crippen molar-refractivity contribution in [3.8, 4) is 11.3 Å². The summed E-state index contributed by atoms with van der Waals surface area (Å²) in [6.45, 7) is 13.2. The average molecular weight is 337 g/mol. The number of benzene rings is 1. The molecule has 1 N–H and O–H groups in total. The maximum atomic E-state index is 4.78.